The Morgan fingerprint density at radius 3 is 2.61 bits per heavy atom. The minimum Gasteiger partial charge on any atom is -0.497 e. The quantitative estimate of drug-likeness (QED) is 0.426. The molecule has 5 atom stereocenters. The predicted molar refractivity (Wildman–Crippen MR) is 119 cm³/mol. The Hall–Kier alpha value is -2.65. The second kappa shape index (κ2) is 8.95. The average molecular weight is 461 g/mol. The number of aliphatic hydroxyl groups excluding tert-OH is 1. The molecule has 2 N–H and O–H groups in total. The fourth-order valence-electron chi connectivity index (χ4n) is 5.84. The van der Waals surface area contributed by atoms with Gasteiger partial charge in [0, 0.05) is 18.8 Å². The number of esters is 1. The van der Waals surface area contributed by atoms with Gasteiger partial charge in [-0.2, -0.15) is 0 Å². The van der Waals surface area contributed by atoms with Gasteiger partial charge in [-0.1, -0.05) is 0 Å². The zero-order valence-electron chi connectivity index (χ0n) is 19.3. The first-order valence-corrected chi connectivity index (χ1v) is 11.5. The van der Waals surface area contributed by atoms with Crippen LogP contribution in [0.5, 0.6) is 5.75 Å². The van der Waals surface area contributed by atoms with E-state index in [9.17, 15) is 19.5 Å². The predicted octanol–water partition coefficient (Wildman–Crippen LogP) is 1.73. The van der Waals surface area contributed by atoms with Gasteiger partial charge in [0.15, 0.2) is 0 Å². The lowest BCUT2D eigenvalue weighted by molar-refractivity contribution is -0.158. The van der Waals surface area contributed by atoms with Gasteiger partial charge in [0.25, 0.3) is 0 Å². The largest absolute Gasteiger partial charge is 0.497 e. The Labute approximate surface area is 193 Å². The summed E-state index contributed by atoms with van der Waals surface area (Å²) >= 11 is 0. The van der Waals surface area contributed by atoms with Gasteiger partial charge < -0.3 is 29.5 Å². The monoisotopic (exact) mass is 460 g/mol. The Morgan fingerprint density at radius 2 is 1.97 bits per heavy atom. The Balaban J connectivity index is 1.67. The maximum Gasteiger partial charge on any atom is 0.312 e. The standard InChI is InChI=1S/C24H32N2O7/c1-4-32-22(30)18-17-21(29)26(13-5-6-14-27)19(24(17)12-11-23(18,2)33-24)20(28)25-15-7-9-16(31-3)10-8-15/h7-10,17-19,27H,4-6,11-14H2,1-3H3,(H,25,28)/t17-,18-,19?,23+,24?/m0/s1. The lowest BCUT2D eigenvalue weighted by Crippen LogP contribution is -2.53. The lowest BCUT2D eigenvalue weighted by atomic mass is 9.66. The van der Waals surface area contributed by atoms with Crippen molar-refractivity contribution >= 4 is 23.5 Å². The second-order valence-electron chi connectivity index (χ2n) is 9.16. The van der Waals surface area contributed by atoms with Crippen LogP contribution in [0.2, 0.25) is 0 Å². The van der Waals surface area contributed by atoms with E-state index in [4.69, 9.17) is 14.2 Å². The minimum absolute atomic E-state index is 0.000659. The normalized spacial score (nSPS) is 32.1. The zero-order valence-corrected chi connectivity index (χ0v) is 19.3. The fourth-order valence-corrected chi connectivity index (χ4v) is 5.84. The van der Waals surface area contributed by atoms with Gasteiger partial charge in [-0.3, -0.25) is 14.4 Å². The van der Waals surface area contributed by atoms with E-state index in [0.29, 0.717) is 43.7 Å². The van der Waals surface area contributed by atoms with Crippen LogP contribution in [0.3, 0.4) is 0 Å². The van der Waals surface area contributed by atoms with Crippen molar-refractivity contribution in [2.24, 2.45) is 11.8 Å². The van der Waals surface area contributed by atoms with E-state index in [1.807, 2.05) is 6.92 Å². The maximum absolute atomic E-state index is 13.7. The number of methoxy groups -OCH3 is 1. The average Bonchev–Trinajstić information content (AvgIpc) is 3.35. The van der Waals surface area contributed by atoms with Gasteiger partial charge in [0.2, 0.25) is 11.8 Å². The molecule has 3 heterocycles. The van der Waals surface area contributed by atoms with Crippen LogP contribution in [0.1, 0.15) is 39.5 Å². The van der Waals surface area contributed by atoms with Crippen molar-refractivity contribution in [2.45, 2.75) is 56.8 Å². The molecule has 2 amide bonds. The summed E-state index contributed by atoms with van der Waals surface area (Å²) in [5.74, 6) is -1.92. The third-order valence-corrected chi connectivity index (χ3v) is 7.23. The number of carbonyl (C=O) groups excluding carboxylic acids is 3. The van der Waals surface area contributed by atoms with Crippen LogP contribution >= 0.6 is 0 Å². The summed E-state index contributed by atoms with van der Waals surface area (Å²) in [6, 6.07) is 6.07. The number of benzene rings is 1. The third kappa shape index (κ3) is 3.77. The number of likely N-dealkylation sites (tertiary alicyclic amines) is 1. The third-order valence-electron chi connectivity index (χ3n) is 7.23. The number of nitrogens with one attached hydrogen (secondary N) is 1. The molecule has 0 saturated carbocycles. The van der Waals surface area contributed by atoms with Gasteiger partial charge in [-0.15, -0.1) is 0 Å². The lowest BCUT2D eigenvalue weighted by Gasteiger charge is -2.33. The Bertz CT molecular complexity index is 920. The molecule has 180 valence electrons. The highest BCUT2D eigenvalue weighted by Crippen LogP contribution is 2.63. The van der Waals surface area contributed by atoms with Gasteiger partial charge in [0.1, 0.15) is 23.3 Å². The molecule has 3 fully saturated rings. The van der Waals surface area contributed by atoms with Crippen LogP contribution in [-0.4, -0.2) is 71.9 Å². The van der Waals surface area contributed by atoms with Crippen LogP contribution in [0.25, 0.3) is 0 Å². The number of hydrogen-bond acceptors (Lipinski definition) is 7. The number of nitrogens with zero attached hydrogens (tertiary/aromatic N) is 1. The van der Waals surface area contributed by atoms with Crippen molar-refractivity contribution in [1.29, 1.82) is 0 Å². The first-order chi connectivity index (χ1) is 15.8. The van der Waals surface area contributed by atoms with Crippen molar-refractivity contribution in [1.82, 2.24) is 4.90 Å². The first-order valence-electron chi connectivity index (χ1n) is 11.5. The van der Waals surface area contributed by atoms with Crippen LogP contribution in [0.15, 0.2) is 24.3 Å². The molecule has 33 heavy (non-hydrogen) atoms. The number of rotatable bonds is 9. The van der Waals surface area contributed by atoms with E-state index in [-0.39, 0.29) is 25.0 Å². The number of ether oxygens (including phenoxy) is 3. The Kier molecular flexibility index (Phi) is 6.37. The van der Waals surface area contributed by atoms with E-state index in [1.165, 1.54) is 4.90 Å². The summed E-state index contributed by atoms with van der Waals surface area (Å²) < 4.78 is 17.0. The number of anilines is 1. The van der Waals surface area contributed by atoms with Gasteiger partial charge >= 0.3 is 5.97 Å². The highest BCUT2D eigenvalue weighted by atomic mass is 16.6. The number of hydrogen-bond donors (Lipinski definition) is 2. The molecular weight excluding hydrogens is 428 g/mol. The smallest absolute Gasteiger partial charge is 0.312 e. The molecule has 0 radical (unpaired) electrons. The molecule has 2 bridgehead atoms. The summed E-state index contributed by atoms with van der Waals surface area (Å²) in [7, 11) is 1.57. The van der Waals surface area contributed by atoms with Crippen LogP contribution in [0.4, 0.5) is 5.69 Å². The summed E-state index contributed by atoms with van der Waals surface area (Å²) in [5, 5.41) is 12.1. The maximum atomic E-state index is 13.7. The SMILES string of the molecule is CCOC(=O)[C@@H]1[C@H]2C(=O)N(CCCCO)C(C(=O)Nc3ccc(OC)cc3)C23CC[C@@]1(C)O3. The molecule has 9 heteroatoms. The van der Waals surface area contributed by atoms with Crippen LogP contribution < -0.4 is 10.1 Å². The molecule has 0 aliphatic carbocycles. The zero-order chi connectivity index (χ0) is 23.8. The van der Waals surface area contributed by atoms with Gasteiger partial charge in [0.05, 0.1) is 25.2 Å². The molecule has 9 nitrogen and oxygen atoms in total. The van der Waals surface area contributed by atoms with Crippen LogP contribution in [-0.2, 0) is 23.9 Å². The number of unbranched alkanes of at least 4 members (excludes halogenated alkanes) is 1. The highest BCUT2D eigenvalue weighted by molar-refractivity contribution is 6.03. The number of aliphatic hydroxyl groups is 1. The first kappa shape index (κ1) is 23.5. The topological polar surface area (TPSA) is 114 Å². The molecule has 3 saturated heterocycles. The van der Waals surface area contributed by atoms with E-state index in [2.05, 4.69) is 5.32 Å². The molecule has 0 aromatic heterocycles. The van der Waals surface area contributed by atoms with Crippen molar-refractivity contribution in [3.05, 3.63) is 24.3 Å². The Morgan fingerprint density at radius 1 is 1.24 bits per heavy atom. The number of fused-ring (bicyclic) bond motifs is 1. The molecule has 1 spiro atoms. The summed E-state index contributed by atoms with van der Waals surface area (Å²) in [4.78, 5) is 41.7. The fraction of sp³-hybridized carbons (Fsp3) is 0.625. The summed E-state index contributed by atoms with van der Waals surface area (Å²) in [5.41, 5.74) is -1.36. The number of amides is 2. The van der Waals surface area contributed by atoms with Crippen LogP contribution in [0, 0.1) is 11.8 Å². The van der Waals surface area contributed by atoms with Gasteiger partial charge in [-0.05, 0) is 63.8 Å². The van der Waals surface area contributed by atoms with E-state index >= 15 is 0 Å². The van der Waals surface area contributed by atoms with E-state index in [0.717, 1.165) is 0 Å². The molecule has 1 aromatic rings. The van der Waals surface area contributed by atoms with Crippen molar-refractivity contribution in [3.8, 4) is 5.75 Å². The van der Waals surface area contributed by atoms with Gasteiger partial charge in [-0.25, -0.2) is 0 Å². The van der Waals surface area contributed by atoms with Crippen molar-refractivity contribution < 1.29 is 33.7 Å². The minimum atomic E-state index is -1.08. The molecule has 3 aliphatic rings. The number of carbonyl (C=O) groups is 3. The molecule has 3 aliphatic heterocycles. The van der Waals surface area contributed by atoms with Crippen molar-refractivity contribution in [3.63, 3.8) is 0 Å². The van der Waals surface area contributed by atoms with E-state index < -0.39 is 35.0 Å². The second-order valence-corrected chi connectivity index (χ2v) is 9.16. The summed E-state index contributed by atoms with van der Waals surface area (Å²) in [6.07, 6.45) is 2.12. The molecule has 4 rings (SSSR count). The summed E-state index contributed by atoms with van der Waals surface area (Å²) in [6.45, 7) is 4.07. The highest BCUT2D eigenvalue weighted by Gasteiger charge is 2.78. The van der Waals surface area contributed by atoms with E-state index in [1.54, 1.807) is 38.3 Å². The molecule has 1 aromatic carbocycles. The molecule has 2 unspecified atom stereocenters. The molecular formula is C24H32N2O7. The van der Waals surface area contributed by atoms with Crippen molar-refractivity contribution in [2.75, 3.05) is 32.2 Å².